The van der Waals surface area contributed by atoms with Crippen molar-refractivity contribution < 1.29 is 14.1 Å². The quantitative estimate of drug-likeness (QED) is 0.793. The molecule has 1 aromatic heterocycles. The van der Waals surface area contributed by atoms with E-state index in [0.717, 1.165) is 16.8 Å². The predicted octanol–water partition coefficient (Wildman–Crippen LogP) is 3.61. The molecule has 1 N–H and O–H groups in total. The molecule has 0 radical (unpaired) electrons. The first-order chi connectivity index (χ1) is 11.6. The van der Waals surface area contributed by atoms with Gasteiger partial charge in [-0.25, -0.2) is 0 Å². The Balaban J connectivity index is 1.78. The summed E-state index contributed by atoms with van der Waals surface area (Å²) in [5.74, 6) is 1.58. The normalized spacial score (nSPS) is 10.5. The van der Waals surface area contributed by atoms with Gasteiger partial charge in [-0.1, -0.05) is 5.16 Å². The lowest BCUT2D eigenvalue weighted by Gasteiger charge is -2.10. The van der Waals surface area contributed by atoms with E-state index in [0.29, 0.717) is 23.0 Å². The summed E-state index contributed by atoms with van der Waals surface area (Å²) in [4.78, 5) is 16.5. The van der Waals surface area contributed by atoms with Gasteiger partial charge in [0.05, 0.1) is 7.11 Å². The van der Waals surface area contributed by atoms with Gasteiger partial charge in [0, 0.05) is 23.7 Å². The zero-order valence-electron chi connectivity index (χ0n) is 13.7. The van der Waals surface area contributed by atoms with Gasteiger partial charge in [0.2, 0.25) is 11.7 Å². The molecule has 0 aliphatic heterocycles. The molecule has 6 nitrogen and oxygen atoms in total. The molecule has 122 valence electrons. The fraction of sp³-hybridized carbons (Fsp3) is 0.167. The van der Waals surface area contributed by atoms with Crippen LogP contribution in [0.4, 0.5) is 5.69 Å². The molecule has 2 aromatic carbocycles. The van der Waals surface area contributed by atoms with Crippen molar-refractivity contribution in [3.8, 4) is 17.1 Å². The van der Waals surface area contributed by atoms with Crippen LogP contribution in [0.1, 0.15) is 21.8 Å². The van der Waals surface area contributed by atoms with Gasteiger partial charge in [-0.2, -0.15) is 4.98 Å². The SMILES string of the molecule is COc1ccc(C(=O)Nc2ccc(-c3noc(C)n3)cc2C)cc1. The molecule has 1 heterocycles. The molecular formula is C18H17N3O3. The van der Waals surface area contributed by atoms with Crippen LogP contribution in [0.15, 0.2) is 47.0 Å². The van der Waals surface area contributed by atoms with Crippen LogP contribution in [-0.4, -0.2) is 23.2 Å². The van der Waals surface area contributed by atoms with Gasteiger partial charge < -0.3 is 14.6 Å². The first kappa shape index (κ1) is 15.7. The first-order valence-corrected chi connectivity index (χ1v) is 7.43. The number of hydrogen-bond acceptors (Lipinski definition) is 5. The Labute approximate surface area is 139 Å². The maximum absolute atomic E-state index is 12.3. The van der Waals surface area contributed by atoms with Crippen molar-refractivity contribution in [1.82, 2.24) is 10.1 Å². The molecule has 0 atom stereocenters. The van der Waals surface area contributed by atoms with E-state index in [4.69, 9.17) is 9.26 Å². The summed E-state index contributed by atoms with van der Waals surface area (Å²) in [6.07, 6.45) is 0. The van der Waals surface area contributed by atoms with E-state index < -0.39 is 0 Å². The van der Waals surface area contributed by atoms with Crippen molar-refractivity contribution >= 4 is 11.6 Å². The Morgan fingerprint density at radius 1 is 1.12 bits per heavy atom. The molecule has 0 saturated heterocycles. The van der Waals surface area contributed by atoms with Crippen LogP contribution in [0, 0.1) is 13.8 Å². The third-order valence-electron chi connectivity index (χ3n) is 3.61. The minimum Gasteiger partial charge on any atom is -0.497 e. The van der Waals surface area contributed by atoms with Gasteiger partial charge in [0.25, 0.3) is 5.91 Å². The average molecular weight is 323 g/mol. The first-order valence-electron chi connectivity index (χ1n) is 7.43. The Morgan fingerprint density at radius 2 is 1.88 bits per heavy atom. The van der Waals surface area contributed by atoms with Crippen molar-refractivity contribution in [2.75, 3.05) is 12.4 Å². The summed E-state index contributed by atoms with van der Waals surface area (Å²) in [5, 5.41) is 6.80. The van der Waals surface area contributed by atoms with Crippen LogP contribution in [0.2, 0.25) is 0 Å². The standard InChI is InChI=1S/C18H17N3O3/c1-11-10-14(17-19-12(2)24-21-17)6-9-16(11)20-18(22)13-4-7-15(23-3)8-5-13/h4-10H,1-3H3,(H,20,22). The zero-order chi connectivity index (χ0) is 17.1. The van der Waals surface area contributed by atoms with E-state index in [-0.39, 0.29) is 5.91 Å². The molecule has 24 heavy (non-hydrogen) atoms. The molecule has 6 heteroatoms. The molecule has 0 unspecified atom stereocenters. The Morgan fingerprint density at radius 3 is 2.46 bits per heavy atom. The summed E-state index contributed by atoms with van der Waals surface area (Å²) in [6, 6.07) is 12.5. The van der Waals surface area contributed by atoms with Crippen LogP contribution in [0.3, 0.4) is 0 Å². The monoisotopic (exact) mass is 323 g/mol. The second kappa shape index (κ2) is 6.54. The van der Waals surface area contributed by atoms with E-state index >= 15 is 0 Å². The second-order valence-electron chi connectivity index (χ2n) is 5.35. The van der Waals surface area contributed by atoms with Crippen LogP contribution in [-0.2, 0) is 0 Å². The fourth-order valence-electron chi connectivity index (χ4n) is 2.30. The van der Waals surface area contributed by atoms with Crippen molar-refractivity contribution in [2.24, 2.45) is 0 Å². The molecule has 0 aliphatic rings. The number of aryl methyl sites for hydroxylation is 2. The number of carbonyl (C=O) groups excluding carboxylic acids is 1. The highest BCUT2D eigenvalue weighted by Gasteiger charge is 2.11. The van der Waals surface area contributed by atoms with Gasteiger partial charge in [-0.3, -0.25) is 4.79 Å². The molecule has 0 fully saturated rings. The third-order valence-corrected chi connectivity index (χ3v) is 3.61. The van der Waals surface area contributed by atoms with Crippen LogP contribution in [0.5, 0.6) is 5.75 Å². The van der Waals surface area contributed by atoms with Gasteiger partial charge in [-0.05, 0) is 55.0 Å². The summed E-state index contributed by atoms with van der Waals surface area (Å²) in [5.41, 5.74) is 3.05. The number of methoxy groups -OCH3 is 1. The largest absolute Gasteiger partial charge is 0.497 e. The maximum Gasteiger partial charge on any atom is 0.255 e. The minimum atomic E-state index is -0.177. The van der Waals surface area contributed by atoms with E-state index in [1.807, 2.05) is 25.1 Å². The number of benzene rings is 2. The Kier molecular flexibility index (Phi) is 4.29. The lowest BCUT2D eigenvalue weighted by atomic mass is 10.1. The van der Waals surface area contributed by atoms with E-state index in [1.165, 1.54) is 0 Å². The highest BCUT2D eigenvalue weighted by atomic mass is 16.5. The zero-order valence-corrected chi connectivity index (χ0v) is 13.7. The molecule has 0 bridgehead atoms. The minimum absolute atomic E-state index is 0.177. The molecule has 0 aliphatic carbocycles. The van der Waals surface area contributed by atoms with E-state index in [2.05, 4.69) is 15.5 Å². The number of hydrogen-bond donors (Lipinski definition) is 1. The lowest BCUT2D eigenvalue weighted by molar-refractivity contribution is 0.102. The second-order valence-corrected chi connectivity index (χ2v) is 5.35. The van der Waals surface area contributed by atoms with Crippen molar-refractivity contribution in [2.45, 2.75) is 13.8 Å². The van der Waals surface area contributed by atoms with Crippen molar-refractivity contribution in [3.05, 3.63) is 59.5 Å². The highest BCUT2D eigenvalue weighted by Crippen LogP contribution is 2.23. The third kappa shape index (κ3) is 3.27. The van der Waals surface area contributed by atoms with Gasteiger partial charge in [0.1, 0.15) is 5.75 Å². The fourth-order valence-corrected chi connectivity index (χ4v) is 2.30. The maximum atomic E-state index is 12.3. The number of carbonyl (C=O) groups is 1. The molecular weight excluding hydrogens is 306 g/mol. The molecule has 0 spiro atoms. The molecule has 0 saturated carbocycles. The van der Waals surface area contributed by atoms with Gasteiger partial charge >= 0.3 is 0 Å². The van der Waals surface area contributed by atoms with Gasteiger partial charge in [-0.15, -0.1) is 0 Å². The molecule has 1 amide bonds. The topological polar surface area (TPSA) is 77.2 Å². The number of nitrogens with zero attached hydrogens (tertiary/aromatic N) is 2. The summed E-state index contributed by atoms with van der Waals surface area (Å²) >= 11 is 0. The van der Waals surface area contributed by atoms with Crippen molar-refractivity contribution in [3.63, 3.8) is 0 Å². The van der Waals surface area contributed by atoms with Crippen LogP contribution < -0.4 is 10.1 Å². The van der Waals surface area contributed by atoms with Crippen LogP contribution in [0.25, 0.3) is 11.4 Å². The average Bonchev–Trinajstić information content (AvgIpc) is 3.03. The number of amides is 1. The van der Waals surface area contributed by atoms with E-state index in [9.17, 15) is 4.79 Å². The number of aromatic nitrogens is 2. The van der Waals surface area contributed by atoms with Crippen molar-refractivity contribution in [1.29, 1.82) is 0 Å². The highest BCUT2D eigenvalue weighted by molar-refractivity contribution is 6.04. The number of rotatable bonds is 4. The molecule has 3 aromatic rings. The Bertz CT molecular complexity index is 869. The summed E-state index contributed by atoms with van der Waals surface area (Å²) in [7, 11) is 1.59. The van der Waals surface area contributed by atoms with Gasteiger partial charge in [0.15, 0.2) is 0 Å². The van der Waals surface area contributed by atoms with E-state index in [1.54, 1.807) is 38.3 Å². The number of nitrogens with one attached hydrogen (secondary N) is 1. The predicted molar refractivity (Wildman–Crippen MR) is 90.2 cm³/mol. The number of anilines is 1. The Hall–Kier alpha value is -3.15. The summed E-state index contributed by atoms with van der Waals surface area (Å²) in [6.45, 7) is 3.66. The van der Waals surface area contributed by atoms with Crippen LogP contribution >= 0.6 is 0 Å². The molecule has 3 rings (SSSR count). The summed E-state index contributed by atoms with van der Waals surface area (Å²) < 4.78 is 10.1. The smallest absolute Gasteiger partial charge is 0.255 e. The number of ether oxygens (including phenoxy) is 1. The lowest BCUT2D eigenvalue weighted by Crippen LogP contribution is -2.12.